The fraction of sp³-hybridized carbons (Fsp3) is 0.611. The largest absolute Gasteiger partial charge is 0.469 e. The number of methoxy groups -OCH3 is 1. The number of rotatable bonds is 10. The van der Waals surface area contributed by atoms with E-state index in [4.69, 9.17) is 4.74 Å². The lowest BCUT2D eigenvalue weighted by Crippen LogP contribution is -2.34. The van der Waals surface area contributed by atoms with Crippen molar-refractivity contribution in [3.05, 3.63) is 35.4 Å². The molecular formula is C18H29NO2. The first-order valence-electron chi connectivity index (χ1n) is 8.07. The van der Waals surface area contributed by atoms with Crippen molar-refractivity contribution in [1.82, 2.24) is 5.32 Å². The summed E-state index contributed by atoms with van der Waals surface area (Å²) in [6, 6.07) is 8.82. The van der Waals surface area contributed by atoms with E-state index in [9.17, 15) is 4.79 Å². The van der Waals surface area contributed by atoms with E-state index >= 15 is 0 Å². The molecule has 1 N–H and O–H groups in total. The molecule has 0 heterocycles. The molecule has 1 rings (SSSR count). The standard InChI is InChI=1S/C18H29NO2/c1-4-6-7-12-19-17(14-18(20)21-3)13-16-10-8-15(5-2)9-11-16/h8-11,17,19H,4-7,12-14H2,1-3H3. The van der Waals surface area contributed by atoms with E-state index in [-0.39, 0.29) is 12.0 Å². The first-order chi connectivity index (χ1) is 10.2. The van der Waals surface area contributed by atoms with Gasteiger partial charge in [0.2, 0.25) is 0 Å². The fourth-order valence-electron chi connectivity index (χ4n) is 2.38. The Bertz CT molecular complexity index is 400. The third-order valence-corrected chi connectivity index (χ3v) is 3.77. The Morgan fingerprint density at radius 2 is 1.81 bits per heavy atom. The highest BCUT2D eigenvalue weighted by Crippen LogP contribution is 2.10. The minimum absolute atomic E-state index is 0.145. The Balaban J connectivity index is 2.54. The highest BCUT2D eigenvalue weighted by Gasteiger charge is 2.14. The van der Waals surface area contributed by atoms with Gasteiger partial charge in [-0.3, -0.25) is 4.79 Å². The molecule has 0 saturated carbocycles. The van der Waals surface area contributed by atoms with E-state index in [1.54, 1.807) is 0 Å². The number of esters is 1. The SMILES string of the molecule is CCCCCNC(CC(=O)OC)Cc1ccc(CC)cc1. The Labute approximate surface area is 129 Å². The number of hydrogen-bond donors (Lipinski definition) is 1. The number of carbonyl (C=O) groups is 1. The van der Waals surface area contributed by atoms with Gasteiger partial charge in [0.05, 0.1) is 13.5 Å². The highest BCUT2D eigenvalue weighted by atomic mass is 16.5. The van der Waals surface area contributed by atoms with Crippen LogP contribution in [0.3, 0.4) is 0 Å². The van der Waals surface area contributed by atoms with Gasteiger partial charge in [-0.1, -0.05) is 51.0 Å². The second kappa shape index (κ2) is 10.4. The first-order valence-corrected chi connectivity index (χ1v) is 8.07. The monoisotopic (exact) mass is 291 g/mol. The van der Waals surface area contributed by atoms with Gasteiger partial charge in [-0.05, 0) is 36.9 Å². The van der Waals surface area contributed by atoms with E-state index < -0.39 is 0 Å². The average molecular weight is 291 g/mol. The first kappa shape index (κ1) is 17.7. The molecule has 0 saturated heterocycles. The zero-order chi connectivity index (χ0) is 15.5. The molecule has 3 nitrogen and oxygen atoms in total. The normalized spacial score (nSPS) is 12.1. The predicted molar refractivity (Wildman–Crippen MR) is 87.5 cm³/mol. The molecule has 0 amide bonds. The molecule has 1 aromatic rings. The molecule has 0 spiro atoms. The van der Waals surface area contributed by atoms with Crippen LogP contribution in [0.2, 0.25) is 0 Å². The van der Waals surface area contributed by atoms with Crippen LogP contribution >= 0.6 is 0 Å². The predicted octanol–water partition coefficient (Wildman–Crippen LogP) is 3.50. The number of nitrogens with one attached hydrogen (secondary N) is 1. The molecule has 1 unspecified atom stereocenters. The van der Waals surface area contributed by atoms with Crippen molar-refractivity contribution in [3.63, 3.8) is 0 Å². The van der Waals surface area contributed by atoms with Gasteiger partial charge in [0.25, 0.3) is 0 Å². The van der Waals surface area contributed by atoms with Crippen LogP contribution in [0, 0.1) is 0 Å². The Morgan fingerprint density at radius 3 is 2.38 bits per heavy atom. The van der Waals surface area contributed by atoms with E-state index in [1.807, 2.05) is 0 Å². The molecule has 0 bridgehead atoms. The van der Waals surface area contributed by atoms with Gasteiger partial charge in [0.15, 0.2) is 0 Å². The third kappa shape index (κ3) is 7.28. The van der Waals surface area contributed by atoms with E-state index in [0.29, 0.717) is 6.42 Å². The molecule has 0 aliphatic rings. The van der Waals surface area contributed by atoms with Crippen molar-refractivity contribution >= 4 is 5.97 Å². The molecular weight excluding hydrogens is 262 g/mol. The highest BCUT2D eigenvalue weighted by molar-refractivity contribution is 5.70. The third-order valence-electron chi connectivity index (χ3n) is 3.77. The molecule has 1 aromatic carbocycles. The van der Waals surface area contributed by atoms with E-state index in [2.05, 4.69) is 43.4 Å². The number of hydrogen-bond acceptors (Lipinski definition) is 3. The van der Waals surface area contributed by atoms with Gasteiger partial charge in [-0.25, -0.2) is 0 Å². The molecule has 3 heteroatoms. The van der Waals surface area contributed by atoms with Crippen molar-refractivity contribution < 1.29 is 9.53 Å². The summed E-state index contributed by atoms with van der Waals surface area (Å²) in [6.07, 6.45) is 5.94. The van der Waals surface area contributed by atoms with Crippen molar-refractivity contribution in [2.24, 2.45) is 0 Å². The summed E-state index contributed by atoms with van der Waals surface area (Å²) in [5.74, 6) is -0.145. The van der Waals surface area contributed by atoms with Crippen LogP contribution in [0.1, 0.15) is 50.7 Å². The zero-order valence-corrected chi connectivity index (χ0v) is 13.7. The summed E-state index contributed by atoms with van der Waals surface area (Å²) in [5, 5.41) is 3.50. The van der Waals surface area contributed by atoms with Gasteiger partial charge in [0.1, 0.15) is 0 Å². The van der Waals surface area contributed by atoms with Gasteiger partial charge >= 0.3 is 5.97 Å². The van der Waals surface area contributed by atoms with E-state index in [0.717, 1.165) is 25.8 Å². The molecule has 118 valence electrons. The van der Waals surface area contributed by atoms with Crippen LogP contribution in [0.5, 0.6) is 0 Å². The summed E-state index contributed by atoms with van der Waals surface area (Å²) < 4.78 is 4.80. The van der Waals surface area contributed by atoms with Crippen LogP contribution in [-0.2, 0) is 22.4 Å². The summed E-state index contributed by atoms with van der Waals surface area (Å²) in [4.78, 5) is 11.5. The Morgan fingerprint density at radius 1 is 1.14 bits per heavy atom. The molecule has 0 radical (unpaired) electrons. The lowest BCUT2D eigenvalue weighted by Gasteiger charge is -2.18. The Hall–Kier alpha value is -1.35. The van der Waals surface area contributed by atoms with Gasteiger partial charge < -0.3 is 10.1 Å². The fourth-order valence-corrected chi connectivity index (χ4v) is 2.38. The van der Waals surface area contributed by atoms with Crippen LogP contribution in [0.15, 0.2) is 24.3 Å². The second-order valence-corrected chi connectivity index (χ2v) is 5.51. The minimum atomic E-state index is -0.145. The smallest absolute Gasteiger partial charge is 0.307 e. The van der Waals surface area contributed by atoms with Gasteiger partial charge in [0, 0.05) is 6.04 Å². The summed E-state index contributed by atoms with van der Waals surface area (Å²) in [7, 11) is 1.45. The lowest BCUT2D eigenvalue weighted by atomic mass is 10.0. The summed E-state index contributed by atoms with van der Waals surface area (Å²) in [6.45, 7) is 5.31. The summed E-state index contributed by atoms with van der Waals surface area (Å²) in [5.41, 5.74) is 2.61. The molecule has 1 atom stereocenters. The maximum Gasteiger partial charge on any atom is 0.307 e. The van der Waals surface area contributed by atoms with Crippen LogP contribution < -0.4 is 5.32 Å². The molecule has 21 heavy (non-hydrogen) atoms. The maximum atomic E-state index is 11.5. The second-order valence-electron chi connectivity index (χ2n) is 5.51. The quantitative estimate of drug-likeness (QED) is 0.529. The van der Waals surface area contributed by atoms with Gasteiger partial charge in [-0.15, -0.1) is 0 Å². The van der Waals surface area contributed by atoms with Gasteiger partial charge in [-0.2, -0.15) is 0 Å². The molecule has 0 fully saturated rings. The molecule has 0 aliphatic carbocycles. The topological polar surface area (TPSA) is 38.3 Å². The number of carbonyl (C=O) groups excluding carboxylic acids is 1. The number of ether oxygens (including phenoxy) is 1. The van der Waals surface area contributed by atoms with Crippen molar-refractivity contribution in [1.29, 1.82) is 0 Å². The molecule has 0 aliphatic heterocycles. The number of benzene rings is 1. The maximum absolute atomic E-state index is 11.5. The van der Waals surface area contributed by atoms with Crippen molar-refractivity contribution in [3.8, 4) is 0 Å². The van der Waals surface area contributed by atoms with E-state index in [1.165, 1.54) is 31.1 Å². The number of aryl methyl sites for hydroxylation is 1. The number of unbranched alkanes of at least 4 members (excludes halogenated alkanes) is 2. The summed E-state index contributed by atoms with van der Waals surface area (Å²) >= 11 is 0. The minimum Gasteiger partial charge on any atom is -0.469 e. The average Bonchev–Trinajstić information content (AvgIpc) is 2.52. The van der Waals surface area contributed by atoms with Crippen LogP contribution in [-0.4, -0.2) is 25.7 Å². The van der Waals surface area contributed by atoms with Crippen molar-refractivity contribution in [2.75, 3.05) is 13.7 Å². The van der Waals surface area contributed by atoms with Crippen LogP contribution in [0.4, 0.5) is 0 Å². The van der Waals surface area contributed by atoms with Crippen molar-refractivity contribution in [2.45, 2.75) is 58.4 Å². The zero-order valence-electron chi connectivity index (χ0n) is 13.7. The van der Waals surface area contributed by atoms with Crippen LogP contribution in [0.25, 0.3) is 0 Å². The lowest BCUT2D eigenvalue weighted by molar-refractivity contribution is -0.141. The molecule has 0 aromatic heterocycles. The Kier molecular flexibility index (Phi) is 8.76.